The van der Waals surface area contributed by atoms with E-state index >= 15 is 0 Å². The van der Waals surface area contributed by atoms with E-state index in [1.165, 1.54) is 32.1 Å². The summed E-state index contributed by atoms with van der Waals surface area (Å²) in [6.45, 7) is 4.51. The third-order valence-electron chi connectivity index (χ3n) is 5.83. The fourth-order valence-electron chi connectivity index (χ4n) is 4.10. The molecule has 4 nitrogen and oxygen atoms in total. The van der Waals surface area contributed by atoms with Gasteiger partial charge in [0.1, 0.15) is 0 Å². The van der Waals surface area contributed by atoms with Gasteiger partial charge in [-0.2, -0.15) is 0 Å². The first-order chi connectivity index (χ1) is 12.1. The number of piperidine rings is 1. The van der Waals surface area contributed by atoms with Crippen LogP contribution in [0, 0.1) is 5.92 Å². The molecule has 0 aromatic heterocycles. The molecule has 0 spiro atoms. The van der Waals surface area contributed by atoms with Crippen LogP contribution in [0.3, 0.4) is 0 Å². The molecule has 1 amide bonds. The lowest BCUT2D eigenvalue weighted by Gasteiger charge is -2.33. The Morgan fingerprint density at radius 2 is 1.88 bits per heavy atom. The molecule has 1 saturated heterocycles. The van der Waals surface area contributed by atoms with Crippen LogP contribution >= 0.6 is 0 Å². The molecule has 1 aromatic carbocycles. The van der Waals surface area contributed by atoms with Crippen molar-refractivity contribution in [3.63, 3.8) is 0 Å². The van der Waals surface area contributed by atoms with E-state index in [9.17, 15) is 4.79 Å². The molecule has 0 radical (unpaired) electrons. The number of nitrogens with two attached hydrogens (primary N) is 1. The van der Waals surface area contributed by atoms with Gasteiger partial charge in [-0.15, -0.1) is 0 Å². The van der Waals surface area contributed by atoms with Crippen LogP contribution in [0.2, 0.25) is 0 Å². The van der Waals surface area contributed by atoms with Gasteiger partial charge in [0.25, 0.3) is 0 Å². The lowest BCUT2D eigenvalue weighted by atomic mass is 9.95. The predicted octanol–water partition coefficient (Wildman–Crippen LogP) is 3.89. The number of aryl methyl sites for hydroxylation is 1. The number of carbonyl (C=O) groups excluding carboxylic acids is 1. The summed E-state index contributed by atoms with van der Waals surface area (Å²) < 4.78 is 0. The van der Waals surface area contributed by atoms with Crippen LogP contribution in [0.5, 0.6) is 0 Å². The summed E-state index contributed by atoms with van der Waals surface area (Å²) in [6.07, 6.45) is 9.88. The van der Waals surface area contributed by atoms with Gasteiger partial charge in [0.15, 0.2) is 0 Å². The highest BCUT2D eigenvalue weighted by molar-refractivity contribution is 5.76. The Kier molecular flexibility index (Phi) is 6.22. The smallest absolute Gasteiger partial charge is 0.220 e. The molecular weight excluding hydrogens is 310 g/mol. The zero-order valence-corrected chi connectivity index (χ0v) is 15.6. The molecule has 2 aliphatic rings. The second kappa shape index (κ2) is 8.59. The van der Waals surface area contributed by atoms with E-state index < -0.39 is 0 Å². The largest absolute Gasteiger partial charge is 0.397 e. The average Bonchev–Trinajstić information content (AvgIpc) is 2.62. The molecule has 1 aromatic rings. The number of rotatable bonds is 5. The minimum Gasteiger partial charge on any atom is -0.397 e. The number of benzene rings is 1. The summed E-state index contributed by atoms with van der Waals surface area (Å²) in [5, 5.41) is 3.19. The Bertz CT molecular complexity index is 573. The minimum absolute atomic E-state index is 0.180. The molecule has 1 saturated carbocycles. The summed E-state index contributed by atoms with van der Waals surface area (Å²) in [5.74, 6) is 0.999. The second-order valence-electron chi connectivity index (χ2n) is 7.97. The fraction of sp³-hybridized carbons (Fsp3) is 0.667. The van der Waals surface area contributed by atoms with Crippen LogP contribution in [-0.4, -0.2) is 25.0 Å². The standard InChI is InChI=1S/C21H33N3O/c1-16-11-13-24(14-12-16)20-9-7-17(15-19(20)22)8-10-21(25)23-18-5-3-2-4-6-18/h7,9,15-16,18H,2-6,8,10-14,22H2,1H3,(H,23,25). The van der Waals surface area contributed by atoms with Gasteiger partial charge in [-0.3, -0.25) is 4.79 Å². The van der Waals surface area contributed by atoms with Crippen molar-refractivity contribution in [3.8, 4) is 0 Å². The van der Waals surface area contributed by atoms with Crippen molar-refractivity contribution in [2.75, 3.05) is 23.7 Å². The first-order valence-electron chi connectivity index (χ1n) is 10.0. The monoisotopic (exact) mass is 343 g/mol. The van der Waals surface area contributed by atoms with E-state index in [0.717, 1.165) is 55.2 Å². The quantitative estimate of drug-likeness (QED) is 0.798. The van der Waals surface area contributed by atoms with Gasteiger partial charge >= 0.3 is 0 Å². The Balaban J connectivity index is 1.49. The van der Waals surface area contributed by atoms with E-state index in [4.69, 9.17) is 5.73 Å². The first kappa shape index (κ1) is 18.1. The van der Waals surface area contributed by atoms with Gasteiger partial charge in [-0.05, 0) is 55.7 Å². The van der Waals surface area contributed by atoms with Crippen molar-refractivity contribution in [3.05, 3.63) is 23.8 Å². The Morgan fingerprint density at radius 1 is 1.16 bits per heavy atom. The molecule has 0 atom stereocenters. The molecule has 2 fully saturated rings. The van der Waals surface area contributed by atoms with Crippen LogP contribution in [0.15, 0.2) is 18.2 Å². The first-order valence-corrected chi connectivity index (χ1v) is 10.0. The molecule has 1 aliphatic heterocycles. The molecule has 0 unspecified atom stereocenters. The lowest BCUT2D eigenvalue weighted by molar-refractivity contribution is -0.121. The number of anilines is 2. The number of carbonyl (C=O) groups is 1. The molecule has 4 heteroatoms. The van der Waals surface area contributed by atoms with E-state index in [1.54, 1.807) is 0 Å². The number of nitrogen functional groups attached to an aromatic ring is 1. The molecular formula is C21H33N3O. The zero-order chi connectivity index (χ0) is 17.6. The third-order valence-corrected chi connectivity index (χ3v) is 5.83. The van der Waals surface area contributed by atoms with Crippen molar-refractivity contribution in [1.82, 2.24) is 5.32 Å². The number of nitrogens with zero attached hydrogens (tertiary/aromatic N) is 1. The van der Waals surface area contributed by atoms with Gasteiger partial charge in [-0.25, -0.2) is 0 Å². The highest BCUT2D eigenvalue weighted by Gasteiger charge is 2.18. The summed E-state index contributed by atoms with van der Waals surface area (Å²) >= 11 is 0. The summed E-state index contributed by atoms with van der Waals surface area (Å²) in [7, 11) is 0. The Hall–Kier alpha value is -1.71. The van der Waals surface area contributed by atoms with Gasteiger partial charge < -0.3 is 16.0 Å². The predicted molar refractivity (Wildman–Crippen MR) is 105 cm³/mol. The highest BCUT2D eigenvalue weighted by Crippen LogP contribution is 2.29. The fourth-order valence-corrected chi connectivity index (χ4v) is 4.10. The maximum atomic E-state index is 12.2. The topological polar surface area (TPSA) is 58.4 Å². The third kappa shape index (κ3) is 5.13. The molecule has 0 bridgehead atoms. The van der Waals surface area contributed by atoms with Crippen LogP contribution in [0.1, 0.15) is 63.9 Å². The summed E-state index contributed by atoms with van der Waals surface area (Å²) in [6, 6.07) is 6.73. The van der Waals surface area contributed by atoms with E-state index in [1.807, 2.05) is 0 Å². The van der Waals surface area contributed by atoms with Crippen LogP contribution in [-0.2, 0) is 11.2 Å². The van der Waals surface area contributed by atoms with Crippen molar-refractivity contribution in [2.45, 2.75) is 70.8 Å². The van der Waals surface area contributed by atoms with Crippen molar-refractivity contribution >= 4 is 17.3 Å². The van der Waals surface area contributed by atoms with Gasteiger partial charge in [0, 0.05) is 25.6 Å². The second-order valence-corrected chi connectivity index (χ2v) is 7.97. The maximum Gasteiger partial charge on any atom is 0.220 e. The molecule has 25 heavy (non-hydrogen) atoms. The SMILES string of the molecule is CC1CCN(c2ccc(CCC(=O)NC3CCCCC3)cc2N)CC1. The number of hydrogen-bond acceptors (Lipinski definition) is 3. The summed E-state index contributed by atoms with van der Waals surface area (Å²) in [5.41, 5.74) is 9.46. The van der Waals surface area contributed by atoms with Gasteiger partial charge in [0.2, 0.25) is 5.91 Å². The number of nitrogens with one attached hydrogen (secondary N) is 1. The highest BCUT2D eigenvalue weighted by atomic mass is 16.1. The molecule has 1 heterocycles. The number of hydrogen-bond donors (Lipinski definition) is 2. The normalized spacial score (nSPS) is 19.8. The van der Waals surface area contributed by atoms with Crippen molar-refractivity contribution in [1.29, 1.82) is 0 Å². The Morgan fingerprint density at radius 3 is 2.56 bits per heavy atom. The summed E-state index contributed by atoms with van der Waals surface area (Å²) in [4.78, 5) is 14.6. The Labute approximate surface area is 152 Å². The molecule has 3 rings (SSSR count). The van der Waals surface area contributed by atoms with E-state index in [2.05, 4.69) is 35.3 Å². The van der Waals surface area contributed by atoms with Gasteiger partial charge in [-0.1, -0.05) is 32.3 Å². The lowest BCUT2D eigenvalue weighted by Crippen LogP contribution is -2.36. The van der Waals surface area contributed by atoms with Crippen LogP contribution in [0.4, 0.5) is 11.4 Å². The van der Waals surface area contributed by atoms with Crippen LogP contribution in [0.25, 0.3) is 0 Å². The number of amides is 1. The van der Waals surface area contributed by atoms with Gasteiger partial charge in [0.05, 0.1) is 11.4 Å². The zero-order valence-electron chi connectivity index (χ0n) is 15.6. The average molecular weight is 344 g/mol. The van der Waals surface area contributed by atoms with Crippen molar-refractivity contribution < 1.29 is 4.79 Å². The van der Waals surface area contributed by atoms with E-state index in [0.29, 0.717) is 12.5 Å². The minimum atomic E-state index is 0.180. The maximum absolute atomic E-state index is 12.2. The van der Waals surface area contributed by atoms with Crippen molar-refractivity contribution in [2.24, 2.45) is 5.92 Å². The molecule has 3 N–H and O–H groups in total. The molecule has 1 aliphatic carbocycles. The van der Waals surface area contributed by atoms with E-state index in [-0.39, 0.29) is 5.91 Å². The van der Waals surface area contributed by atoms with Crippen LogP contribution < -0.4 is 16.0 Å². The molecule has 138 valence electrons.